The monoisotopic (exact) mass is 479 g/mol. The first kappa shape index (κ1) is 26.3. The Kier molecular flexibility index (Phi) is 11.8. The summed E-state index contributed by atoms with van der Waals surface area (Å²) < 4.78 is 5.64. The smallest absolute Gasteiger partial charge is 0.262 e. The van der Waals surface area contributed by atoms with E-state index in [1.165, 1.54) is 63.0 Å². The standard InChI is InChI=1S/C26H35Cl2NO3/c1-3-4-5-6-7-8-9-10-11-13-20-14-12-15-21(16-20)32-18-24(30)29-23-17-22(27)19(2)25(28)26(23)31/h12,14-17,31H,3-11,13,18H2,1-2H3,(H,29,30). The Morgan fingerprint density at radius 3 is 2.34 bits per heavy atom. The third-order valence-corrected chi connectivity index (χ3v) is 6.39. The zero-order valence-corrected chi connectivity index (χ0v) is 20.7. The third kappa shape index (κ3) is 8.91. The second-order valence-electron chi connectivity index (χ2n) is 8.26. The Labute approximate surface area is 202 Å². The molecule has 0 aliphatic carbocycles. The van der Waals surface area contributed by atoms with E-state index in [2.05, 4.69) is 18.3 Å². The Morgan fingerprint density at radius 1 is 1.00 bits per heavy atom. The first-order valence-corrected chi connectivity index (χ1v) is 12.4. The van der Waals surface area contributed by atoms with Crippen LogP contribution in [-0.2, 0) is 11.2 Å². The molecule has 2 rings (SSSR count). The maximum Gasteiger partial charge on any atom is 0.262 e. The molecule has 0 saturated heterocycles. The number of benzene rings is 2. The molecule has 0 atom stereocenters. The van der Waals surface area contributed by atoms with Crippen LogP contribution in [0.4, 0.5) is 5.69 Å². The predicted octanol–water partition coefficient (Wildman–Crippen LogP) is 8.10. The molecule has 0 spiro atoms. The molecule has 0 aromatic heterocycles. The van der Waals surface area contributed by atoms with Gasteiger partial charge in [0.25, 0.3) is 5.91 Å². The molecule has 0 bridgehead atoms. The highest BCUT2D eigenvalue weighted by atomic mass is 35.5. The van der Waals surface area contributed by atoms with E-state index >= 15 is 0 Å². The van der Waals surface area contributed by atoms with Crippen LogP contribution in [0.5, 0.6) is 11.5 Å². The molecule has 0 fully saturated rings. The number of aromatic hydroxyl groups is 1. The van der Waals surface area contributed by atoms with Gasteiger partial charge in [-0.3, -0.25) is 4.79 Å². The van der Waals surface area contributed by atoms with E-state index in [1.54, 1.807) is 6.92 Å². The van der Waals surface area contributed by atoms with Gasteiger partial charge in [-0.2, -0.15) is 0 Å². The summed E-state index contributed by atoms with van der Waals surface area (Å²) in [5.74, 6) is 0.0447. The van der Waals surface area contributed by atoms with Crippen molar-refractivity contribution in [3.8, 4) is 11.5 Å². The fraction of sp³-hybridized carbons (Fsp3) is 0.500. The number of amides is 1. The third-order valence-electron chi connectivity index (χ3n) is 5.53. The number of rotatable bonds is 14. The van der Waals surface area contributed by atoms with Crippen LogP contribution in [0.3, 0.4) is 0 Å². The number of hydrogen-bond donors (Lipinski definition) is 2. The molecular formula is C26H35Cl2NO3. The molecule has 176 valence electrons. The SMILES string of the molecule is CCCCCCCCCCCc1cccc(OCC(=O)Nc2cc(Cl)c(C)c(Cl)c2O)c1. The van der Waals surface area contributed by atoms with Crippen molar-refractivity contribution in [1.29, 1.82) is 0 Å². The lowest BCUT2D eigenvalue weighted by molar-refractivity contribution is -0.118. The van der Waals surface area contributed by atoms with Crippen LogP contribution < -0.4 is 10.1 Å². The summed E-state index contributed by atoms with van der Waals surface area (Å²) in [6.45, 7) is 3.77. The molecule has 0 aliphatic rings. The van der Waals surface area contributed by atoms with Crippen molar-refractivity contribution in [2.45, 2.75) is 78.1 Å². The van der Waals surface area contributed by atoms with E-state index in [0.29, 0.717) is 16.3 Å². The summed E-state index contributed by atoms with van der Waals surface area (Å²) in [4.78, 5) is 12.3. The largest absolute Gasteiger partial charge is 0.504 e. The van der Waals surface area contributed by atoms with Crippen molar-refractivity contribution in [2.75, 3.05) is 11.9 Å². The van der Waals surface area contributed by atoms with E-state index in [1.807, 2.05) is 18.2 Å². The summed E-state index contributed by atoms with van der Waals surface area (Å²) in [5.41, 5.74) is 1.93. The van der Waals surface area contributed by atoms with Gasteiger partial charge in [-0.05, 0) is 49.1 Å². The molecule has 0 heterocycles. The lowest BCUT2D eigenvalue weighted by atomic mass is 10.0. The van der Waals surface area contributed by atoms with Gasteiger partial charge in [0.1, 0.15) is 5.75 Å². The number of ether oxygens (including phenoxy) is 1. The fourth-order valence-corrected chi connectivity index (χ4v) is 4.02. The van der Waals surface area contributed by atoms with Gasteiger partial charge in [0.2, 0.25) is 0 Å². The maximum absolute atomic E-state index is 12.3. The molecule has 2 aromatic carbocycles. The highest BCUT2D eigenvalue weighted by molar-refractivity contribution is 6.37. The average Bonchev–Trinajstić information content (AvgIpc) is 2.79. The van der Waals surface area contributed by atoms with Crippen LogP contribution in [0.1, 0.15) is 75.8 Å². The van der Waals surface area contributed by atoms with Gasteiger partial charge >= 0.3 is 0 Å². The van der Waals surface area contributed by atoms with Gasteiger partial charge in [0.15, 0.2) is 12.4 Å². The molecule has 0 aliphatic heterocycles. The molecule has 6 heteroatoms. The molecule has 2 N–H and O–H groups in total. The van der Waals surface area contributed by atoms with E-state index in [0.717, 1.165) is 12.8 Å². The lowest BCUT2D eigenvalue weighted by Crippen LogP contribution is -2.20. The molecule has 0 saturated carbocycles. The summed E-state index contributed by atoms with van der Waals surface area (Å²) in [6.07, 6.45) is 12.8. The highest BCUT2D eigenvalue weighted by Crippen LogP contribution is 2.38. The number of unbranched alkanes of at least 4 members (excludes halogenated alkanes) is 8. The lowest BCUT2D eigenvalue weighted by Gasteiger charge is -2.12. The molecule has 32 heavy (non-hydrogen) atoms. The zero-order valence-electron chi connectivity index (χ0n) is 19.2. The van der Waals surface area contributed by atoms with E-state index in [9.17, 15) is 9.90 Å². The van der Waals surface area contributed by atoms with Crippen molar-refractivity contribution >= 4 is 34.8 Å². The predicted molar refractivity (Wildman–Crippen MR) is 134 cm³/mol. The molecular weight excluding hydrogens is 445 g/mol. The topological polar surface area (TPSA) is 58.6 Å². The number of phenols is 1. The molecule has 1 amide bonds. The highest BCUT2D eigenvalue weighted by Gasteiger charge is 2.15. The minimum atomic E-state index is -0.402. The zero-order chi connectivity index (χ0) is 23.3. The minimum absolute atomic E-state index is 0.123. The maximum atomic E-state index is 12.3. The number of nitrogens with one attached hydrogen (secondary N) is 1. The Bertz CT molecular complexity index is 870. The Balaban J connectivity index is 1.72. The first-order chi connectivity index (χ1) is 15.4. The number of hydrogen-bond acceptors (Lipinski definition) is 3. The summed E-state index contributed by atoms with van der Waals surface area (Å²) >= 11 is 12.1. The van der Waals surface area contributed by atoms with Crippen LogP contribution in [0, 0.1) is 6.92 Å². The van der Waals surface area contributed by atoms with E-state index in [4.69, 9.17) is 27.9 Å². The van der Waals surface area contributed by atoms with Gasteiger partial charge in [-0.1, -0.05) is 93.6 Å². The molecule has 0 unspecified atom stereocenters. The summed E-state index contributed by atoms with van der Waals surface area (Å²) in [5, 5.41) is 13.2. The van der Waals surface area contributed by atoms with Gasteiger partial charge in [-0.15, -0.1) is 0 Å². The Morgan fingerprint density at radius 2 is 1.66 bits per heavy atom. The number of phenolic OH excluding ortho intramolecular Hbond substituents is 1. The number of halogens is 2. The van der Waals surface area contributed by atoms with Crippen LogP contribution in [0.2, 0.25) is 10.0 Å². The second-order valence-corrected chi connectivity index (χ2v) is 9.04. The Hall–Kier alpha value is -1.91. The summed E-state index contributed by atoms with van der Waals surface area (Å²) in [6, 6.07) is 9.33. The van der Waals surface area contributed by atoms with Crippen molar-refractivity contribution in [3.63, 3.8) is 0 Å². The van der Waals surface area contributed by atoms with Crippen LogP contribution in [0.25, 0.3) is 0 Å². The van der Waals surface area contributed by atoms with Crippen molar-refractivity contribution in [2.24, 2.45) is 0 Å². The van der Waals surface area contributed by atoms with Gasteiger partial charge in [0, 0.05) is 5.02 Å². The van der Waals surface area contributed by atoms with Gasteiger partial charge < -0.3 is 15.2 Å². The van der Waals surface area contributed by atoms with Crippen LogP contribution >= 0.6 is 23.2 Å². The molecule has 0 radical (unpaired) electrons. The second kappa shape index (κ2) is 14.3. The van der Waals surface area contributed by atoms with Crippen molar-refractivity contribution in [3.05, 3.63) is 51.5 Å². The summed E-state index contributed by atoms with van der Waals surface area (Å²) in [7, 11) is 0. The normalized spacial score (nSPS) is 10.9. The first-order valence-electron chi connectivity index (χ1n) is 11.6. The quantitative estimate of drug-likeness (QED) is 0.212. The number of carbonyl (C=O) groups is 1. The number of carbonyl (C=O) groups excluding carboxylic acids is 1. The van der Waals surface area contributed by atoms with Gasteiger partial charge in [0.05, 0.1) is 10.7 Å². The van der Waals surface area contributed by atoms with Crippen LogP contribution in [0.15, 0.2) is 30.3 Å². The average molecular weight is 480 g/mol. The number of aryl methyl sites for hydroxylation is 1. The van der Waals surface area contributed by atoms with Gasteiger partial charge in [-0.25, -0.2) is 0 Å². The van der Waals surface area contributed by atoms with E-state index in [-0.39, 0.29) is 23.1 Å². The van der Waals surface area contributed by atoms with Crippen molar-refractivity contribution in [1.82, 2.24) is 0 Å². The molecule has 4 nitrogen and oxygen atoms in total. The molecule has 2 aromatic rings. The minimum Gasteiger partial charge on any atom is -0.504 e. The van der Waals surface area contributed by atoms with Crippen molar-refractivity contribution < 1.29 is 14.6 Å². The van der Waals surface area contributed by atoms with Crippen LogP contribution in [-0.4, -0.2) is 17.6 Å². The number of anilines is 1. The van der Waals surface area contributed by atoms with E-state index < -0.39 is 5.91 Å². The fourth-order valence-electron chi connectivity index (χ4n) is 3.57.